The van der Waals surface area contributed by atoms with E-state index in [1.54, 1.807) is 0 Å². The van der Waals surface area contributed by atoms with Gasteiger partial charge in [-0.05, 0) is 173 Å². The molecule has 3 N–H and O–H groups in total. The van der Waals surface area contributed by atoms with Crippen molar-refractivity contribution in [1.29, 1.82) is 0 Å². The predicted molar refractivity (Wildman–Crippen MR) is 445 cm³/mol. The molecule has 0 amide bonds. The topological polar surface area (TPSA) is 237 Å². The third kappa shape index (κ3) is 77.8. The van der Waals surface area contributed by atoms with E-state index in [1.165, 1.54) is 0 Å². The van der Waals surface area contributed by atoms with Gasteiger partial charge < -0.3 is 33.8 Å². The van der Waals surface area contributed by atoms with Gasteiger partial charge in [0.15, 0.2) is 12.2 Å². The fourth-order valence-electron chi connectivity index (χ4n) is 9.77. The van der Waals surface area contributed by atoms with E-state index < -0.39 is 97.5 Å². The quantitative estimate of drug-likeness (QED) is 0.0169. The molecule has 0 aromatic carbocycles. The Balaban J connectivity index is 5.53. The molecule has 17 nitrogen and oxygen atoms in total. The van der Waals surface area contributed by atoms with Gasteiger partial charge in [-0.2, -0.15) is 0 Å². The zero-order valence-corrected chi connectivity index (χ0v) is 68.2. The Bertz CT molecular complexity index is 2860. The van der Waals surface area contributed by atoms with Gasteiger partial charge in [0.2, 0.25) is 0 Å². The van der Waals surface area contributed by atoms with Gasteiger partial charge in [-0.25, -0.2) is 9.13 Å². The van der Waals surface area contributed by atoms with Crippen molar-refractivity contribution >= 4 is 39.5 Å². The van der Waals surface area contributed by atoms with Crippen LogP contribution in [0.4, 0.5) is 0 Å². The first-order valence-electron chi connectivity index (χ1n) is 40.3. The lowest BCUT2D eigenvalue weighted by atomic mass is 10.1. The molecule has 5 unspecified atom stereocenters. The molecular weight excluding hydrogens is 1400 g/mol. The molecule has 0 aromatic heterocycles. The van der Waals surface area contributed by atoms with E-state index >= 15 is 0 Å². The van der Waals surface area contributed by atoms with Crippen LogP contribution in [0, 0.1) is 0 Å². The van der Waals surface area contributed by atoms with Crippen molar-refractivity contribution < 1.29 is 80.2 Å². The van der Waals surface area contributed by atoms with Crippen molar-refractivity contribution in [2.75, 3.05) is 39.6 Å². The Morgan fingerprint density at radius 1 is 0.259 bits per heavy atom. The third-order valence-electron chi connectivity index (χ3n) is 15.7. The Kier molecular flexibility index (Phi) is 74.1. The first kappa shape index (κ1) is 102. The second kappa shape index (κ2) is 78.8. The van der Waals surface area contributed by atoms with E-state index in [0.717, 1.165) is 186 Å². The van der Waals surface area contributed by atoms with Crippen LogP contribution < -0.4 is 0 Å². The average molecular weight is 1540 g/mol. The predicted octanol–water partition coefficient (Wildman–Crippen LogP) is 23.9. The number of ether oxygens (including phenoxy) is 4. The lowest BCUT2D eigenvalue weighted by molar-refractivity contribution is -0.161. The molecule has 0 aliphatic heterocycles. The maximum absolute atomic E-state index is 13.1. The summed E-state index contributed by atoms with van der Waals surface area (Å²) in [7, 11) is -10.0. The van der Waals surface area contributed by atoms with Gasteiger partial charge in [-0.1, -0.05) is 279 Å². The monoisotopic (exact) mass is 1540 g/mol. The normalized spacial score (nSPS) is 14.9. The highest BCUT2D eigenvalue weighted by atomic mass is 31.2. The van der Waals surface area contributed by atoms with Crippen molar-refractivity contribution in [1.82, 2.24) is 0 Å². The highest BCUT2D eigenvalue weighted by Gasteiger charge is 2.30. The lowest BCUT2D eigenvalue weighted by Crippen LogP contribution is -2.30. The van der Waals surface area contributed by atoms with Crippen molar-refractivity contribution in [2.24, 2.45) is 0 Å². The van der Waals surface area contributed by atoms with Gasteiger partial charge in [-0.3, -0.25) is 37.3 Å². The average Bonchev–Trinajstić information content (AvgIpc) is 0.906. The van der Waals surface area contributed by atoms with Crippen LogP contribution in [0.25, 0.3) is 0 Å². The molecule has 0 saturated carbocycles. The minimum atomic E-state index is -5.02. The van der Waals surface area contributed by atoms with Gasteiger partial charge in [0.25, 0.3) is 0 Å². The summed E-state index contributed by atoms with van der Waals surface area (Å²) in [6.07, 6.45) is 98.2. The summed E-state index contributed by atoms with van der Waals surface area (Å²) >= 11 is 0. The smallest absolute Gasteiger partial charge is 0.462 e. The number of esters is 4. The maximum Gasteiger partial charge on any atom is 0.472 e. The van der Waals surface area contributed by atoms with Gasteiger partial charge in [0.1, 0.15) is 19.3 Å². The molecule has 5 atom stereocenters. The van der Waals surface area contributed by atoms with Gasteiger partial charge >= 0.3 is 39.5 Å². The minimum Gasteiger partial charge on any atom is -0.462 e. The van der Waals surface area contributed by atoms with E-state index in [2.05, 4.69) is 216 Å². The molecule has 0 aliphatic rings. The number of phosphoric ester groups is 2. The number of hydrogen-bond acceptors (Lipinski definition) is 15. The largest absolute Gasteiger partial charge is 0.472 e. The van der Waals surface area contributed by atoms with Crippen LogP contribution in [0.3, 0.4) is 0 Å². The molecule has 0 rings (SSSR count). The fraction of sp³-hybridized carbons (Fsp3) is 0.573. The second-order valence-corrected chi connectivity index (χ2v) is 28.7. The summed E-state index contributed by atoms with van der Waals surface area (Å²) in [6, 6.07) is 0. The first-order chi connectivity index (χ1) is 52.7. The molecular formula is C89H140O17P2. The summed E-state index contributed by atoms with van der Waals surface area (Å²) in [5.74, 6) is -2.37. The molecule has 0 aromatic rings. The SMILES string of the molecule is CC/C=C\C/C=C\C/C=C\C/C=C\C/C=C\C/C=C\CCC(=O)OCC(COP(=O)(O)OCC(O)COP(=O)(O)OCC(COC(=O)CCCCCC/C=C\C/C=C\C/C=C\C/C=C\CC)OC(=O)CCCCCCC/C=C\C/C=C\C/C=C\CC)OC(=O)CCCCCC/C=C\C/C=C\C/C=C\C/C=C\CC. The van der Waals surface area contributed by atoms with Crippen molar-refractivity contribution in [3.8, 4) is 0 Å². The van der Waals surface area contributed by atoms with Crippen molar-refractivity contribution in [2.45, 2.75) is 290 Å². The molecule has 0 bridgehead atoms. The van der Waals surface area contributed by atoms with Crippen molar-refractivity contribution in [3.05, 3.63) is 207 Å². The number of carbonyl (C=O) groups is 4. The van der Waals surface area contributed by atoms with Crippen LogP contribution in [0.2, 0.25) is 0 Å². The van der Waals surface area contributed by atoms with Gasteiger partial charge in [0, 0.05) is 25.7 Å². The Morgan fingerprint density at radius 2 is 0.472 bits per heavy atom. The zero-order valence-electron chi connectivity index (χ0n) is 66.4. The molecule has 0 saturated heterocycles. The van der Waals surface area contributed by atoms with E-state index in [-0.39, 0.29) is 25.7 Å². The van der Waals surface area contributed by atoms with E-state index in [4.69, 9.17) is 37.0 Å². The fourth-order valence-corrected chi connectivity index (χ4v) is 11.3. The van der Waals surface area contributed by atoms with Crippen LogP contribution in [0.5, 0.6) is 0 Å². The minimum absolute atomic E-state index is 0.0212. The summed E-state index contributed by atoms with van der Waals surface area (Å²) in [6.45, 7) is 4.23. The molecule has 0 spiro atoms. The molecule has 0 heterocycles. The number of hydrogen-bond donors (Lipinski definition) is 3. The van der Waals surface area contributed by atoms with Crippen molar-refractivity contribution in [3.63, 3.8) is 0 Å². The summed E-state index contributed by atoms with van der Waals surface area (Å²) in [5.41, 5.74) is 0. The lowest BCUT2D eigenvalue weighted by Gasteiger charge is -2.21. The number of aliphatic hydroxyl groups excluding tert-OH is 1. The van der Waals surface area contributed by atoms with Gasteiger partial charge in [-0.15, -0.1) is 0 Å². The molecule has 0 radical (unpaired) electrons. The maximum atomic E-state index is 13.1. The van der Waals surface area contributed by atoms with E-state index in [0.29, 0.717) is 32.1 Å². The highest BCUT2D eigenvalue weighted by molar-refractivity contribution is 7.47. The van der Waals surface area contributed by atoms with Gasteiger partial charge in [0.05, 0.1) is 26.4 Å². The Morgan fingerprint density at radius 3 is 0.750 bits per heavy atom. The van der Waals surface area contributed by atoms with E-state index in [1.807, 2.05) is 18.2 Å². The molecule has 608 valence electrons. The molecule has 19 heteroatoms. The summed E-state index contributed by atoms with van der Waals surface area (Å²) in [5, 5.41) is 10.7. The Labute approximate surface area is 652 Å². The number of aliphatic hydroxyl groups is 1. The first-order valence-corrected chi connectivity index (χ1v) is 43.3. The van der Waals surface area contributed by atoms with Crippen LogP contribution >= 0.6 is 15.6 Å². The summed E-state index contributed by atoms with van der Waals surface area (Å²) < 4.78 is 68.5. The third-order valence-corrected chi connectivity index (χ3v) is 17.6. The zero-order chi connectivity index (χ0) is 78.9. The molecule has 0 fully saturated rings. The number of rotatable bonds is 73. The molecule has 0 aliphatic carbocycles. The van der Waals surface area contributed by atoms with Crippen LogP contribution in [0.1, 0.15) is 272 Å². The number of unbranched alkanes of at least 4 members (excludes halogenated alkanes) is 13. The standard InChI is InChI=1S/C89H140O17P2/c1-5-9-13-17-21-25-29-33-37-40-41-44-47-50-54-58-62-66-70-74-87(92)100-80-85(106-89(94)76-72-68-64-60-56-52-48-43-39-35-31-27-23-19-15-11-7-3)82-104-108(97,98)102-78-83(90)77-101-107(95,96)103-81-84(105-88(93)75-71-67-63-59-55-51-45-36-32-28-24-20-16-12-8-4)79-99-86(91)73-69-65-61-57-53-49-46-42-38-34-30-26-22-18-14-10-6-2/h9-16,21-28,33-39,41,44-46,48-50,52,54,62,66,83-85,90H,5-8,17-20,29-32,40,42-43,47,51,53,55-61,63-65,67-82H2,1-4H3,(H,95,96)(H,97,98)/b13-9-,14-10-,15-11-,16-12-,25-21-,26-22-,27-23-,28-24-,37-33-,38-34-,39-35-,44-41-,45-36-,49-46-,52-48-,54-50-,66-62-. The number of carbonyl (C=O) groups excluding carboxylic acids is 4. The van der Waals surface area contributed by atoms with Crippen LogP contribution in [-0.4, -0.2) is 96.7 Å². The van der Waals surface area contributed by atoms with Crippen LogP contribution in [-0.2, 0) is 65.4 Å². The van der Waals surface area contributed by atoms with Crippen LogP contribution in [0.15, 0.2) is 207 Å². The second-order valence-electron chi connectivity index (χ2n) is 25.8. The highest BCUT2D eigenvalue weighted by Crippen LogP contribution is 2.45. The molecule has 108 heavy (non-hydrogen) atoms. The number of allylic oxidation sites excluding steroid dienone is 34. The number of phosphoric acid groups is 2. The van der Waals surface area contributed by atoms with E-state index in [9.17, 15) is 43.2 Å². The Hall–Kier alpha value is -6.36. The summed E-state index contributed by atoms with van der Waals surface area (Å²) in [4.78, 5) is 73.1.